The molecule has 0 radical (unpaired) electrons. The molecule has 0 bridgehead atoms. The number of halogens is 1. The van der Waals surface area contributed by atoms with Crippen molar-refractivity contribution in [1.29, 1.82) is 0 Å². The van der Waals surface area contributed by atoms with Crippen LogP contribution in [0.1, 0.15) is 24.1 Å². The molecule has 1 aromatic heterocycles. The fourth-order valence-corrected chi connectivity index (χ4v) is 3.63. The SMILES string of the molecule is Brc1ccc(Cc2[nH]c(N3CCCC3)c3ccccc23)cc1. The molecule has 3 aromatic rings. The van der Waals surface area contributed by atoms with Crippen molar-refractivity contribution in [2.45, 2.75) is 19.3 Å². The summed E-state index contributed by atoms with van der Waals surface area (Å²) >= 11 is 3.50. The van der Waals surface area contributed by atoms with E-state index in [0.29, 0.717) is 0 Å². The van der Waals surface area contributed by atoms with Crippen molar-refractivity contribution in [3.05, 3.63) is 64.3 Å². The average Bonchev–Trinajstić information content (AvgIpc) is 3.18. The van der Waals surface area contributed by atoms with E-state index in [1.54, 1.807) is 0 Å². The molecule has 1 aliphatic heterocycles. The Labute approximate surface area is 139 Å². The number of hydrogen-bond acceptors (Lipinski definition) is 1. The van der Waals surface area contributed by atoms with Crippen molar-refractivity contribution >= 4 is 32.5 Å². The number of fused-ring (bicyclic) bond motifs is 1. The van der Waals surface area contributed by atoms with Gasteiger partial charge in [-0.1, -0.05) is 52.3 Å². The predicted molar refractivity (Wildman–Crippen MR) is 96.7 cm³/mol. The summed E-state index contributed by atoms with van der Waals surface area (Å²) in [6.45, 7) is 2.34. The van der Waals surface area contributed by atoms with Crippen LogP contribution < -0.4 is 4.90 Å². The molecule has 2 aromatic carbocycles. The van der Waals surface area contributed by atoms with Gasteiger partial charge in [-0.3, -0.25) is 0 Å². The number of benzene rings is 2. The first-order valence-electron chi connectivity index (χ1n) is 7.90. The van der Waals surface area contributed by atoms with Gasteiger partial charge in [-0.15, -0.1) is 0 Å². The fourth-order valence-electron chi connectivity index (χ4n) is 3.37. The zero-order valence-corrected chi connectivity index (χ0v) is 14.1. The van der Waals surface area contributed by atoms with Crippen molar-refractivity contribution < 1.29 is 0 Å². The van der Waals surface area contributed by atoms with Crippen LogP contribution in [-0.4, -0.2) is 18.1 Å². The summed E-state index contributed by atoms with van der Waals surface area (Å²) < 4.78 is 1.13. The van der Waals surface area contributed by atoms with Gasteiger partial charge in [0.05, 0.1) is 0 Å². The van der Waals surface area contributed by atoms with Gasteiger partial charge in [0, 0.05) is 40.4 Å². The molecule has 0 spiro atoms. The molecule has 4 rings (SSSR count). The quantitative estimate of drug-likeness (QED) is 0.691. The number of aromatic amines is 1. The Morgan fingerprint density at radius 3 is 2.32 bits per heavy atom. The molecule has 22 heavy (non-hydrogen) atoms. The second kappa shape index (κ2) is 5.81. The Morgan fingerprint density at radius 1 is 0.909 bits per heavy atom. The van der Waals surface area contributed by atoms with Crippen LogP contribution in [0, 0.1) is 0 Å². The molecule has 2 nitrogen and oxygen atoms in total. The number of nitrogens with one attached hydrogen (secondary N) is 1. The summed E-state index contributed by atoms with van der Waals surface area (Å²) in [5.41, 5.74) is 2.66. The Hall–Kier alpha value is -1.74. The largest absolute Gasteiger partial charge is 0.358 e. The van der Waals surface area contributed by atoms with Crippen molar-refractivity contribution in [1.82, 2.24) is 4.98 Å². The molecule has 0 aliphatic carbocycles. The van der Waals surface area contributed by atoms with Crippen molar-refractivity contribution in [3.63, 3.8) is 0 Å². The van der Waals surface area contributed by atoms with Gasteiger partial charge in [0.2, 0.25) is 0 Å². The highest BCUT2D eigenvalue weighted by Gasteiger charge is 2.18. The van der Waals surface area contributed by atoms with Gasteiger partial charge < -0.3 is 9.88 Å². The number of rotatable bonds is 3. The highest BCUT2D eigenvalue weighted by atomic mass is 79.9. The summed E-state index contributed by atoms with van der Waals surface area (Å²) in [5.74, 6) is 1.31. The minimum absolute atomic E-state index is 0.946. The van der Waals surface area contributed by atoms with E-state index in [-0.39, 0.29) is 0 Å². The van der Waals surface area contributed by atoms with Crippen molar-refractivity contribution in [3.8, 4) is 0 Å². The summed E-state index contributed by atoms with van der Waals surface area (Å²) in [6.07, 6.45) is 3.55. The lowest BCUT2D eigenvalue weighted by Crippen LogP contribution is -2.18. The lowest BCUT2D eigenvalue weighted by Gasteiger charge is -2.15. The third-order valence-electron chi connectivity index (χ3n) is 4.49. The third-order valence-corrected chi connectivity index (χ3v) is 5.02. The second-order valence-electron chi connectivity index (χ2n) is 6.00. The fraction of sp³-hybridized carbons (Fsp3) is 0.263. The molecule has 3 heteroatoms. The number of nitrogens with zero attached hydrogens (tertiary/aromatic N) is 1. The van der Waals surface area contributed by atoms with Crippen LogP contribution in [0.5, 0.6) is 0 Å². The molecule has 0 amide bonds. The van der Waals surface area contributed by atoms with E-state index >= 15 is 0 Å². The molecule has 0 unspecified atom stereocenters. The van der Waals surface area contributed by atoms with Gasteiger partial charge in [0.1, 0.15) is 5.82 Å². The van der Waals surface area contributed by atoms with E-state index in [4.69, 9.17) is 0 Å². The molecule has 0 atom stereocenters. The van der Waals surface area contributed by atoms with Gasteiger partial charge in [0.25, 0.3) is 0 Å². The zero-order valence-electron chi connectivity index (χ0n) is 12.5. The molecule has 1 N–H and O–H groups in total. The highest BCUT2D eigenvalue weighted by Crippen LogP contribution is 2.32. The first-order chi connectivity index (χ1) is 10.8. The molecule has 0 saturated carbocycles. The van der Waals surface area contributed by atoms with Gasteiger partial charge in [-0.2, -0.15) is 0 Å². The Balaban J connectivity index is 1.75. The van der Waals surface area contributed by atoms with Gasteiger partial charge in [-0.05, 0) is 30.5 Å². The van der Waals surface area contributed by atoms with Crippen LogP contribution >= 0.6 is 15.9 Å². The zero-order chi connectivity index (χ0) is 14.9. The smallest absolute Gasteiger partial charge is 0.114 e. The van der Waals surface area contributed by atoms with E-state index in [1.807, 2.05) is 0 Å². The van der Waals surface area contributed by atoms with Gasteiger partial charge >= 0.3 is 0 Å². The van der Waals surface area contributed by atoms with Crippen LogP contribution in [0.2, 0.25) is 0 Å². The van der Waals surface area contributed by atoms with Crippen LogP contribution in [0.15, 0.2) is 53.0 Å². The Morgan fingerprint density at radius 2 is 1.59 bits per heavy atom. The van der Waals surface area contributed by atoms with Crippen LogP contribution in [0.4, 0.5) is 5.82 Å². The Bertz CT molecular complexity index is 783. The Kier molecular flexibility index (Phi) is 3.67. The van der Waals surface area contributed by atoms with Crippen LogP contribution in [0.3, 0.4) is 0 Å². The summed E-state index contributed by atoms with van der Waals surface area (Å²) in [5, 5.41) is 2.71. The summed E-state index contributed by atoms with van der Waals surface area (Å²) in [4.78, 5) is 6.20. The molecule has 1 saturated heterocycles. The summed E-state index contributed by atoms with van der Waals surface area (Å²) in [7, 11) is 0. The lowest BCUT2D eigenvalue weighted by molar-refractivity contribution is 0.940. The molecule has 112 valence electrons. The maximum absolute atomic E-state index is 3.71. The minimum atomic E-state index is 0.946. The maximum atomic E-state index is 3.71. The first-order valence-corrected chi connectivity index (χ1v) is 8.69. The van der Waals surface area contributed by atoms with Crippen LogP contribution in [-0.2, 0) is 6.42 Å². The molecule has 1 fully saturated rings. The van der Waals surface area contributed by atoms with Crippen LogP contribution in [0.25, 0.3) is 10.8 Å². The number of hydrogen-bond donors (Lipinski definition) is 1. The van der Waals surface area contributed by atoms with E-state index < -0.39 is 0 Å². The first kappa shape index (κ1) is 13.9. The molecular weight excluding hydrogens is 336 g/mol. The molecule has 1 aliphatic rings. The van der Waals surface area contributed by atoms with E-state index in [0.717, 1.165) is 10.9 Å². The van der Waals surface area contributed by atoms with Gasteiger partial charge in [0.15, 0.2) is 0 Å². The summed E-state index contributed by atoms with van der Waals surface area (Å²) in [6, 6.07) is 17.4. The maximum Gasteiger partial charge on any atom is 0.114 e. The topological polar surface area (TPSA) is 19.0 Å². The van der Waals surface area contributed by atoms with Crippen molar-refractivity contribution in [2.75, 3.05) is 18.0 Å². The standard InChI is InChI=1S/C19H19BrN2/c20-15-9-7-14(8-10-15)13-18-16-5-1-2-6-17(16)19(21-18)22-11-3-4-12-22/h1-2,5-10,21H,3-4,11-13H2. The normalized spacial score (nSPS) is 14.9. The highest BCUT2D eigenvalue weighted by molar-refractivity contribution is 9.10. The third kappa shape index (κ3) is 2.54. The number of H-pyrrole nitrogens is 1. The molecular formula is C19H19BrN2. The van der Waals surface area contributed by atoms with E-state index in [2.05, 4.69) is 74.3 Å². The average molecular weight is 355 g/mol. The van der Waals surface area contributed by atoms with E-state index in [9.17, 15) is 0 Å². The minimum Gasteiger partial charge on any atom is -0.358 e. The second-order valence-corrected chi connectivity index (χ2v) is 6.91. The van der Waals surface area contributed by atoms with Crippen molar-refractivity contribution in [2.24, 2.45) is 0 Å². The molecule has 2 heterocycles. The van der Waals surface area contributed by atoms with E-state index in [1.165, 1.54) is 53.8 Å². The van der Waals surface area contributed by atoms with Gasteiger partial charge in [-0.25, -0.2) is 0 Å². The number of aromatic nitrogens is 1. The lowest BCUT2D eigenvalue weighted by atomic mass is 10.1. The predicted octanol–water partition coefficient (Wildman–Crippen LogP) is 5.12. The monoisotopic (exact) mass is 354 g/mol. The number of anilines is 1.